The van der Waals surface area contributed by atoms with Crippen molar-refractivity contribution in [1.82, 2.24) is 9.80 Å². The lowest BCUT2D eigenvalue weighted by Gasteiger charge is -2.35. The van der Waals surface area contributed by atoms with E-state index in [0.29, 0.717) is 26.2 Å². The highest BCUT2D eigenvalue weighted by Gasteiger charge is 2.24. The molecule has 3 N–H and O–H groups in total. The molecule has 0 aromatic heterocycles. The van der Waals surface area contributed by atoms with Gasteiger partial charge in [0.25, 0.3) is 10.1 Å². The van der Waals surface area contributed by atoms with Gasteiger partial charge in [-0.2, -0.15) is 8.42 Å². The van der Waals surface area contributed by atoms with Crippen molar-refractivity contribution < 1.29 is 32.8 Å². The van der Waals surface area contributed by atoms with Crippen LogP contribution in [0.4, 0.5) is 0 Å². The molecule has 1 aliphatic rings. The number of piperazine rings is 1. The van der Waals surface area contributed by atoms with Crippen molar-refractivity contribution in [2.45, 2.75) is 12.5 Å². The van der Waals surface area contributed by atoms with Crippen molar-refractivity contribution in [3.8, 4) is 0 Å². The Morgan fingerprint density at radius 2 is 1.70 bits per heavy atom. The minimum absolute atomic E-state index is 0.0702. The van der Waals surface area contributed by atoms with E-state index < -0.39 is 40.3 Å². The summed E-state index contributed by atoms with van der Waals surface area (Å²) in [7, 11) is -4.22. The maximum atomic E-state index is 11.5. The SMILES string of the molecule is O=C(O)CC(=O)N1CCN(CC(O)CS(=O)(=O)O)CC1. The number of hydrogen-bond acceptors (Lipinski definition) is 6. The first-order chi connectivity index (χ1) is 9.17. The van der Waals surface area contributed by atoms with Gasteiger partial charge in [0.05, 0.1) is 6.10 Å². The minimum Gasteiger partial charge on any atom is -0.481 e. The topological polar surface area (TPSA) is 135 Å². The number of rotatable bonds is 6. The standard InChI is InChI=1S/C10H18N2O7S/c13-8(7-20(17,18)19)6-11-1-3-12(4-2-11)9(14)5-10(15)16/h8,13H,1-7H2,(H,15,16)(H,17,18,19). The molecule has 0 aromatic rings. The molecule has 9 nitrogen and oxygen atoms in total. The van der Waals surface area contributed by atoms with Gasteiger partial charge in [-0.3, -0.25) is 19.0 Å². The fourth-order valence-electron chi connectivity index (χ4n) is 2.01. The predicted octanol–water partition coefficient (Wildman–Crippen LogP) is -2.15. The summed E-state index contributed by atoms with van der Waals surface area (Å²) in [5, 5.41) is 18.0. The molecule has 1 saturated heterocycles. The Kier molecular flexibility index (Phi) is 5.87. The number of amides is 1. The average Bonchev–Trinajstić information content (AvgIpc) is 2.26. The highest BCUT2D eigenvalue weighted by atomic mass is 32.2. The Morgan fingerprint density at radius 3 is 2.15 bits per heavy atom. The molecule has 116 valence electrons. The van der Waals surface area contributed by atoms with Crippen LogP contribution in [0.2, 0.25) is 0 Å². The third kappa shape index (κ3) is 6.28. The van der Waals surface area contributed by atoms with Crippen molar-refractivity contribution >= 4 is 22.0 Å². The highest BCUT2D eigenvalue weighted by Crippen LogP contribution is 2.05. The molecule has 1 rings (SSSR count). The van der Waals surface area contributed by atoms with Gasteiger partial charge < -0.3 is 15.1 Å². The Labute approximate surface area is 116 Å². The lowest BCUT2D eigenvalue weighted by atomic mass is 10.2. The monoisotopic (exact) mass is 310 g/mol. The van der Waals surface area contributed by atoms with Gasteiger partial charge >= 0.3 is 5.97 Å². The van der Waals surface area contributed by atoms with Gasteiger partial charge in [-0.25, -0.2) is 0 Å². The van der Waals surface area contributed by atoms with E-state index in [4.69, 9.17) is 9.66 Å². The first kappa shape index (κ1) is 16.8. The summed E-state index contributed by atoms with van der Waals surface area (Å²) in [5.41, 5.74) is 0. The number of hydrogen-bond donors (Lipinski definition) is 3. The van der Waals surface area contributed by atoms with Crippen molar-refractivity contribution in [1.29, 1.82) is 0 Å². The number of aliphatic hydroxyl groups excluding tert-OH is 1. The Bertz CT molecular complexity index is 456. The van der Waals surface area contributed by atoms with E-state index in [-0.39, 0.29) is 6.54 Å². The molecule has 1 amide bonds. The number of aliphatic carboxylic acids is 1. The molecule has 0 aliphatic carbocycles. The van der Waals surface area contributed by atoms with Gasteiger partial charge in [0.1, 0.15) is 12.2 Å². The Hall–Kier alpha value is -1.23. The molecule has 20 heavy (non-hydrogen) atoms. The quantitative estimate of drug-likeness (QED) is 0.373. The number of carbonyl (C=O) groups is 2. The van der Waals surface area contributed by atoms with E-state index in [1.807, 2.05) is 0 Å². The second-order valence-electron chi connectivity index (χ2n) is 4.65. The maximum Gasteiger partial charge on any atom is 0.312 e. The molecule has 1 atom stereocenters. The normalized spacial score (nSPS) is 18.8. The van der Waals surface area contributed by atoms with Crippen LogP contribution in [0, 0.1) is 0 Å². The summed E-state index contributed by atoms with van der Waals surface area (Å²) in [6.45, 7) is 1.54. The number of nitrogens with zero attached hydrogens (tertiary/aromatic N) is 2. The zero-order chi connectivity index (χ0) is 15.3. The minimum atomic E-state index is -4.22. The van der Waals surface area contributed by atoms with Gasteiger partial charge in [-0.1, -0.05) is 0 Å². The van der Waals surface area contributed by atoms with Crippen molar-refractivity contribution in [2.24, 2.45) is 0 Å². The Balaban J connectivity index is 2.35. The summed E-state index contributed by atoms with van der Waals surface area (Å²) in [4.78, 5) is 25.1. The molecule has 0 saturated carbocycles. The van der Waals surface area contributed by atoms with Crippen LogP contribution in [0.3, 0.4) is 0 Å². The van der Waals surface area contributed by atoms with Crippen LogP contribution in [0.25, 0.3) is 0 Å². The molecule has 0 radical (unpaired) electrons. The van der Waals surface area contributed by atoms with Crippen LogP contribution in [0.15, 0.2) is 0 Å². The summed E-state index contributed by atoms with van der Waals surface area (Å²) >= 11 is 0. The lowest BCUT2D eigenvalue weighted by molar-refractivity contribution is -0.145. The van der Waals surface area contributed by atoms with Gasteiger partial charge in [-0.05, 0) is 0 Å². The third-order valence-electron chi connectivity index (χ3n) is 2.90. The molecule has 0 aromatic carbocycles. The van der Waals surface area contributed by atoms with Gasteiger partial charge in [0.15, 0.2) is 0 Å². The molecule has 1 fully saturated rings. The average molecular weight is 310 g/mol. The molecular formula is C10H18N2O7S. The number of carboxylic acid groups (broad SMARTS) is 1. The Morgan fingerprint density at radius 1 is 1.15 bits per heavy atom. The fourth-order valence-corrected chi connectivity index (χ4v) is 2.61. The second-order valence-corrected chi connectivity index (χ2v) is 6.15. The van der Waals surface area contributed by atoms with Crippen molar-refractivity contribution in [3.63, 3.8) is 0 Å². The van der Waals surface area contributed by atoms with Crippen molar-refractivity contribution in [3.05, 3.63) is 0 Å². The van der Waals surface area contributed by atoms with Gasteiger partial charge in [0.2, 0.25) is 5.91 Å². The zero-order valence-electron chi connectivity index (χ0n) is 10.8. The van der Waals surface area contributed by atoms with E-state index in [1.165, 1.54) is 4.90 Å². The van der Waals surface area contributed by atoms with Gasteiger partial charge in [-0.15, -0.1) is 0 Å². The van der Waals surface area contributed by atoms with E-state index in [1.54, 1.807) is 4.90 Å². The molecule has 0 bridgehead atoms. The smallest absolute Gasteiger partial charge is 0.312 e. The first-order valence-electron chi connectivity index (χ1n) is 6.02. The summed E-state index contributed by atoms with van der Waals surface area (Å²) in [5.74, 6) is -2.37. The van der Waals surface area contributed by atoms with Crippen molar-refractivity contribution in [2.75, 3.05) is 38.5 Å². The van der Waals surface area contributed by atoms with Gasteiger partial charge in [0, 0.05) is 32.7 Å². The predicted molar refractivity (Wildman–Crippen MR) is 67.7 cm³/mol. The zero-order valence-corrected chi connectivity index (χ0v) is 11.6. The van der Waals surface area contributed by atoms with Crippen LogP contribution in [0.1, 0.15) is 6.42 Å². The second kappa shape index (κ2) is 6.97. The van der Waals surface area contributed by atoms with E-state index in [2.05, 4.69) is 0 Å². The third-order valence-corrected chi connectivity index (χ3v) is 3.71. The number of carboxylic acids is 1. The largest absolute Gasteiger partial charge is 0.481 e. The number of β-amino-alcohol motifs (C(OH)–C–C–N with tert-alkyl or cyclic N) is 1. The number of carbonyl (C=O) groups excluding carboxylic acids is 1. The highest BCUT2D eigenvalue weighted by molar-refractivity contribution is 7.85. The van der Waals surface area contributed by atoms with Crippen LogP contribution in [0.5, 0.6) is 0 Å². The molecule has 1 heterocycles. The lowest BCUT2D eigenvalue weighted by Crippen LogP contribution is -2.51. The fraction of sp³-hybridized carbons (Fsp3) is 0.800. The first-order valence-corrected chi connectivity index (χ1v) is 7.63. The van der Waals surface area contributed by atoms with E-state index >= 15 is 0 Å². The summed E-state index contributed by atoms with van der Waals surface area (Å²) in [6.07, 6.45) is -1.75. The van der Waals surface area contributed by atoms with E-state index in [9.17, 15) is 23.1 Å². The molecule has 1 unspecified atom stereocenters. The molecule has 10 heteroatoms. The maximum absolute atomic E-state index is 11.5. The van der Waals surface area contributed by atoms with E-state index in [0.717, 1.165) is 0 Å². The molecule has 0 spiro atoms. The van der Waals surface area contributed by atoms with Crippen LogP contribution in [-0.4, -0.2) is 89.4 Å². The summed E-state index contributed by atoms with van der Waals surface area (Å²) < 4.78 is 29.8. The molecular weight excluding hydrogens is 292 g/mol. The summed E-state index contributed by atoms with van der Waals surface area (Å²) in [6, 6.07) is 0. The van der Waals surface area contributed by atoms with Crippen LogP contribution in [-0.2, 0) is 19.7 Å². The number of aliphatic hydroxyl groups is 1. The molecule has 1 aliphatic heterocycles. The van der Waals surface area contributed by atoms with Crippen LogP contribution < -0.4 is 0 Å². The van der Waals surface area contributed by atoms with Crippen LogP contribution >= 0.6 is 0 Å².